The smallest absolute Gasteiger partial charge is 0.137 e. The fourth-order valence-electron chi connectivity index (χ4n) is 9.82. The van der Waals surface area contributed by atoms with E-state index in [0.717, 1.165) is 50.1 Å². The van der Waals surface area contributed by atoms with Crippen molar-refractivity contribution in [2.75, 3.05) is 4.90 Å². The van der Waals surface area contributed by atoms with E-state index in [1.807, 2.05) is 22.7 Å². The van der Waals surface area contributed by atoms with Crippen LogP contribution in [0.4, 0.5) is 17.1 Å². The highest BCUT2D eigenvalue weighted by Gasteiger charge is 2.29. The lowest BCUT2D eigenvalue weighted by Gasteiger charge is -2.30. The Morgan fingerprint density at radius 3 is 1.61 bits per heavy atom. The first-order valence-electron chi connectivity index (χ1n) is 21.7. The SMILES string of the molecule is c1ccc(-c2ccc3c(c2)sc2c(-c4ccccc4)ccc(N(c4cccc5oc6ccccc6c45)c4c(-c5ccccc5)ccc5sc6c(-c7ccccc7)cccc6c45)c23)cc1. The molecular weight excluding hydrogens is 815 g/mol. The van der Waals surface area contributed by atoms with Crippen LogP contribution in [0.3, 0.4) is 0 Å². The monoisotopic (exact) mass is 851 g/mol. The summed E-state index contributed by atoms with van der Waals surface area (Å²) < 4.78 is 11.7. The Morgan fingerprint density at radius 1 is 0.312 bits per heavy atom. The molecular formula is C60H37NOS2. The van der Waals surface area contributed by atoms with Crippen molar-refractivity contribution in [3.05, 3.63) is 224 Å². The van der Waals surface area contributed by atoms with E-state index in [-0.39, 0.29) is 0 Å². The normalized spacial score (nSPS) is 11.8. The van der Waals surface area contributed by atoms with Gasteiger partial charge in [0.1, 0.15) is 11.2 Å². The van der Waals surface area contributed by atoms with Gasteiger partial charge in [0.15, 0.2) is 0 Å². The molecule has 0 spiro atoms. The van der Waals surface area contributed by atoms with Gasteiger partial charge in [-0.3, -0.25) is 0 Å². The molecule has 3 aromatic heterocycles. The summed E-state index contributed by atoms with van der Waals surface area (Å²) in [7, 11) is 0. The van der Waals surface area contributed by atoms with E-state index < -0.39 is 0 Å². The summed E-state index contributed by atoms with van der Waals surface area (Å²) in [6.45, 7) is 0. The Bertz CT molecular complexity index is 3890. The zero-order valence-electron chi connectivity index (χ0n) is 34.5. The second-order valence-corrected chi connectivity index (χ2v) is 18.4. The Balaban J connectivity index is 1.21. The largest absolute Gasteiger partial charge is 0.456 e. The fourth-order valence-corrected chi connectivity index (χ4v) is 12.4. The maximum Gasteiger partial charge on any atom is 0.137 e. The molecule has 10 aromatic carbocycles. The summed E-state index contributed by atoms with van der Waals surface area (Å²) in [5, 5.41) is 7.11. The van der Waals surface area contributed by atoms with Crippen molar-refractivity contribution in [2.45, 2.75) is 0 Å². The van der Waals surface area contributed by atoms with Gasteiger partial charge in [0, 0.05) is 51.3 Å². The summed E-state index contributed by atoms with van der Waals surface area (Å²) >= 11 is 3.77. The van der Waals surface area contributed by atoms with Crippen LogP contribution in [0.5, 0.6) is 0 Å². The molecule has 0 bridgehead atoms. The Labute approximate surface area is 378 Å². The van der Waals surface area contributed by atoms with Crippen LogP contribution in [-0.2, 0) is 0 Å². The molecule has 4 heteroatoms. The highest BCUT2D eigenvalue weighted by Crippen LogP contribution is 2.56. The van der Waals surface area contributed by atoms with E-state index in [4.69, 9.17) is 4.42 Å². The molecule has 0 aliphatic heterocycles. The minimum Gasteiger partial charge on any atom is -0.456 e. The van der Waals surface area contributed by atoms with Crippen molar-refractivity contribution in [1.29, 1.82) is 0 Å². The van der Waals surface area contributed by atoms with Gasteiger partial charge < -0.3 is 9.32 Å². The molecule has 0 unspecified atom stereocenters. The predicted octanol–water partition coefficient (Wildman–Crippen LogP) is 18.5. The number of rotatable bonds is 7. The number of hydrogen-bond acceptors (Lipinski definition) is 4. The van der Waals surface area contributed by atoms with E-state index >= 15 is 0 Å². The van der Waals surface area contributed by atoms with Gasteiger partial charge >= 0.3 is 0 Å². The van der Waals surface area contributed by atoms with Gasteiger partial charge in [0.25, 0.3) is 0 Å². The molecule has 0 saturated carbocycles. The van der Waals surface area contributed by atoms with Crippen molar-refractivity contribution in [3.8, 4) is 44.5 Å². The third kappa shape index (κ3) is 5.84. The maximum absolute atomic E-state index is 6.69. The van der Waals surface area contributed by atoms with Crippen molar-refractivity contribution in [3.63, 3.8) is 0 Å². The van der Waals surface area contributed by atoms with Crippen molar-refractivity contribution < 1.29 is 4.42 Å². The molecule has 0 aliphatic rings. The van der Waals surface area contributed by atoms with Crippen LogP contribution in [-0.4, -0.2) is 0 Å². The minimum absolute atomic E-state index is 0.860. The second-order valence-electron chi connectivity index (χ2n) is 16.3. The van der Waals surface area contributed by atoms with Gasteiger partial charge in [-0.1, -0.05) is 188 Å². The Hall–Kier alpha value is -7.76. The second kappa shape index (κ2) is 15.0. The zero-order valence-corrected chi connectivity index (χ0v) is 36.2. The highest BCUT2D eigenvalue weighted by atomic mass is 32.1. The van der Waals surface area contributed by atoms with Crippen molar-refractivity contribution >= 4 is 102 Å². The zero-order chi connectivity index (χ0) is 42.1. The summed E-state index contributed by atoms with van der Waals surface area (Å²) in [5.74, 6) is 0. The topological polar surface area (TPSA) is 16.4 Å². The van der Waals surface area contributed by atoms with Crippen molar-refractivity contribution in [2.24, 2.45) is 0 Å². The highest BCUT2D eigenvalue weighted by molar-refractivity contribution is 7.27. The first kappa shape index (κ1) is 36.9. The number of hydrogen-bond donors (Lipinski definition) is 0. The van der Waals surface area contributed by atoms with Gasteiger partial charge in [-0.05, 0) is 75.3 Å². The first-order chi connectivity index (χ1) is 31.8. The van der Waals surface area contributed by atoms with Gasteiger partial charge in [-0.25, -0.2) is 0 Å². The quantitative estimate of drug-likeness (QED) is 0.159. The molecule has 0 N–H and O–H groups in total. The van der Waals surface area contributed by atoms with Gasteiger partial charge in [0.05, 0.1) is 22.4 Å². The Morgan fingerprint density at radius 2 is 0.875 bits per heavy atom. The number of benzene rings is 10. The molecule has 13 aromatic rings. The standard InChI is InChI=1S/C60H37NOS2/c1-5-17-38(18-6-1)42-31-32-47-54(37-42)64-60-45(41-23-11-4-12-24-41)33-35-50(56(47)60)61(49-28-16-30-52-55(49)46-25-13-14-29-51(46)62-52)58-43(39-19-7-2-8-20-39)34-36-53-57(58)48-27-15-26-44(59(48)63-53)40-21-9-3-10-22-40/h1-37H. The third-order valence-electron chi connectivity index (χ3n) is 12.7. The number of nitrogens with zero attached hydrogens (tertiary/aromatic N) is 1. The number of thiophene rings is 2. The average molecular weight is 852 g/mol. The molecule has 0 radical (unpaired) electrons. The van der Waals surface area contributed by atoms with Crippen LogP contribution in [0.1, 0.15) is 0 Å². The van der Waals surface area contributed by atoms with Crippen molar-refractivity contribution in [1.82, 2.24) is 0 Å². The maximum atomic E-state index is 6.69. The molecule has 2 nitrogen and oxygen atoms in total. The van der Waals surface area contributed by atoms with Gasteiger partial charge in [-0.2, -0.15) is 0 Å². The van der Waals surface area contributed by atoms with Crippen LogP contribution in [0.15, 0.2) is 229 Å². The molecule has 64 heavy (non-hydrogen) atoms. The molecule has 0 saturated heterocycles. The third-order valence-corrected chi connectivity index (χ3v) is 15.1. The summed E-state index contributed by atoms with van der Waals surface area (Å²) in [6, 6.07) is 81.6. The van der Waals surface area contributed by atoms with Crippen LogP contribution in [0, 0.1) is 0 Å². The minimum atomic E-state index is 0.860. The molecule has 0 amide bonds. The number of para-hydroxylation sites is 1. The number of fused-ring (bicyclic) bond motifs is 9. The fraction of sp³-hybridized carbons (Fsp3) is 0. The van der Waals surface area contributed by atoms with E-state index in [1.165, 1.54) is 73.7 Å². The Kier molecular flexibility index (Phi) is 8.61. The predicted molar refractivity (Wildman–Crippen MR) is 276 cm³/mol. The number of furan rings is 1. The molecule has 0 atom stereocenters. The molecule has 0 fully saturated rings. The van der Waals surface area contributed by atoms with Crippen LogP contribution < -0.4 is 4.90 Å². The average Bonchev–Trinajstić information content (AvgIpc) is 4.07. The van der Waals surface area contributed by atoms with E-state index in [0.29, 0.717) is 0 Å². The summed E-state index contributed by atoms with van der Waals surface area (Å²) in [5.41, 5.74) is 14.7. The van der Waals surface area contributed by atoms with E-state index in [2.05, 4.69) is 229 Å². The van der Waals surface area contributed by atoms with Crippen LogP contribution >= 0.6 is 22.7 Å². The molecule has 13 rings (SSSR count). The summed E-state index contributed by atoms with van der Waals surface area (Å²) in [6.07, 6.45) is 0. The first-order valence-corrected chi connectivity index (χ1v) is 23.3. The van der Waals surface area contributed by atoms with Crippen LogP contribution in [0.25, 0.3) is 107 Å². The van der Waals surface area contributed by atoms with E-state index in [1.54, 1.807) is 0 Å². The number of anilines is 3. The lowest BCUT2D eigenvalue weighted by molar-refractivity contribution is 0.669. The lowest BCUT2D eigenvalue weighted by atomic mass is 9.94. The molecule has 0 aliphatic carbocycles. The van der Waals surface area contributed by atoms with E-state index in [9.17, 15) is 0 Å². The molecule has 3 heterocycles. The van der Waals surface area contributed by atoms with Gasteiger partial charge in [0.2, 0.25) is 0 Å². The lowest BCUT2D eigenvalue weighted by Crippen LogP contribution is -2.12. The molecule has 300 valence electrons. The van der Waals surface area contributed by atoms with Gasteiger partial charge in [-0.15, -0.1) is 22.7 Å². The van der Waals surface area contributed by atoms with Crippen LogP contribution in [0.2, 0.25) is 0 Å². The summed E-state index contributed by atoms with van der Waals surface area (Å²) in [4.78, 5) is 2.59.